The van der Waals surface area contributed by atoms with Crippen LogP contribution >= 0.6 is 11.6 Å². The van der Waals surface area contributed by atoms with Gasteiger partial charge in [-0.1, -0.05) is 17.7 Å². The second kappa shape index (κ2) is 8.11. The minimum absolute atomic E-state index is 0.0209. The zero-order valence-corrected chi connectivity index (χ0v) is 14.8. The molecule has 0 unspecified atom stereocenters. The normalized spacial score (nSPS) is 11.0. The Morgan fingerprint density at radius 3 is 2.16 bits per heavy atom. The SMILES string of the molecule is CC(=O)Nc1ccc(NC(=O)CNS(=O)(=O)c2cccc(Cl)c2)cc1. The van der Waals surface area contributed by atoms with Crippen molar-refractivity contribution in [3.05, 3.63) is 53.6 Å². The highest BCUT2D eigenvalue weighted by Gasteiger charge is 2.15. The number of hydrogen-bond acceptors (Lipinski definition) is 4. The van der Waals surface area contributed by atoms with Gasteiger partial charge in [0.1, 0.15) is 0 Å². The molecule has 0 saturated heterocycles. The van der Waals surface area contributed by atoms with E-state index in [1.54, 1.807) is 30.3 Å². The van der Waals surface area contributed by atoms with E-state index in [4.69, 9.17) is 11.6 Å². The van der Waals surface area contributed by atoms with E-state index in [9.17, 15) is 18.0 Å². The van der Waals surface area contributed by atoms with Crippen LogP contribution in [0.1, 0.15) is 6.92 Å². The van der Waals surface area contributed by atoms with Crippen LogP contribution in [0.4, 0.5) is 11.4 Å². The van der Waals surface area contributed by atoms with Gasteiger partial charge in [-0.15, -0.1) is 0 Å². The van der Waals surface area contributed by atoms with Crippen LogP contribution in [0.15, 0.2) is 53.4 Å². The predicted octanol–water partition coefficient (Wildman–Crippen LogP) is 2.22. The lowest BCUT2D eigenvalue weighted by atomic mass is 10.2. The first-order chi connectivity index (χ1) is 11.8. The summed E-state index contributed by atoms with van der Waals surface area (Å²) in [6.07, 6.45) is 0. The molecule has 9 heteroatoms. The first-order valence-electron chi connectivity index (χ1n) is 7.19. The lowest BCUT2D eigenvalue weighted by molar-refractivity contribution is -0.115. The molecule has 0 radical (unpaired) electrons. The Morgan fingerprint density at radius 1 is 1.00 bits per heavy atom. The molecule has 2 rings (SSSR count). The second-order valence-corrected chi connectivity index (χ2v) is 7.29. The van der Waals surface area contributed by atoms with Gasteiger partial charge in [0.2, 0.25) is 21.8 Å². The van der Waals surface area contributed by atoms with Crippen molar-refractivity contribution in [1.29, 1.82) is 0 Å². The quantitative estimate of drug-likeness (QED) is 0.713. The topological polar surface area (TPSA) is 104 Å². The molecular weight excluding hydrogens is 366 g/mol. The highest BCUT2D eigenvalue weighted by Crippen LogP contribution is 2.15. The van der Waals surface area contributed by atoms with Crippen molar-refractivity contribution in [3.8, 4) is 0 Å². The Kier molecular flexibility index (Phi) is 6.13. The van der Waals surface area contributed by atoms with Crippen LogP contribution in [-0.4, -0.2) is 26.8 Å². The zero-order chi connectivity index (χ0) is 18.4. The van der Waals surface area contributed by atoms with Crippen LogP contribution < -0.4 is 15.4 Å². The van der Waals surface area contributed by atoms with Gasteiger partial charge in [0, 0.05) is 23.3 Å². The Bertz CT molecular complexity index is 883. The summed E-state index contributed by atoms with van der Waals surface area (Å²) >= 11 is 5.77. The molecule has 0 atom stereocenters. The highest BCUT2D eigenvalue weighted by molar-refractivity contribution is 7.89. The van der Waals surface area contributed by atoms with Gasteiger partial charge in [-0.2, -0.15) is 0 Å². The van der Waals surface area contributed by atoms with E-state index in [0.29, 0.717) is 11.4 Å². The average Bonchev–Trinajstić information content (AvgIpc) is 2.54. The summed E-state index contributed by atoms with van der Waals surface area (Å²) in [5.41, 5.74) is 1.06. The van der Waals surface area contributed by atoms with Crippen LogP contribution in [-0.2, 0) is 19.6 Å². The van der Waals surface area contributed by atoms with E-state index >= 15 is 0 Å². The van der Waals surface area contributed by atoms with Crippen molar-refractivity contribution in [3.63, 3.8) is 0 Å². The molecule has 2 aromatic carbocycles. The molecule has 132 valence electrons. The zero-order valence-electron chi connectivity index (χ0n) is 13.2. The molecule has 0 bridgehead atoms. The monoisotopic (exact) mass is 381 g/mol. The standard InChI is InChI=1S/C16H16ClN3O4S/c1-11(21)19-13-5-7-14(8-6-13)20-16(22)10-18-25(23,24)15-4-2-3-12(17)9-15/h2-9,18H,10H2,1H3,(H,19,21)(H,20,22). The van der Waals surface area contributed by atoms with E-state index in [1.807, 2.05) is 0 Å². The predicted molar refractivity (Wildman–Crippen MR) is 96.0 cm³/mol. The maximum atomic E-state index is 12.1. The third-order valence-electron chi connectivity index (χ3n) is 3.02. The number of benzene rings is 2. The molecule has 0 fully saturated rings. The molecule has 25 heavy (non-hydrogen) atoms. The number of rotatable bonds is 6. The minimum Gasteiger partial charge on any atom is -0.326 e. The molecule has 0 saturated carbocycles. The number of anilines is 2. The molecule has 0 aliphatic heterocycles. The van der Waals surface area contributed by atoms with Crippen LogP contribution in [0.5, 0.6) is 0 Å². The number of nitrogens with one attached hydrogen (secondary N) is 3. The van der Waals surface area contributed by atoms with Crippen LogP contribution in [0.25, 0.3) is 0 Å². The number of halogens is 1. The maximum Gasteiger partial charge on any atom is 0.241 e. The lowest BCUT2D eigenvalue weighted by Crippen LogP contribution is -2.32. The van der Waals surface area contributed by atoms with Crippen molar-refractivity contribution >= 4 is 44.8 Å². The lowest BCUT2D eigenvalue weighted by Gasteiger charge is -2.09. The Balaban J connectivity index is 1.93. The fourth-order valence-corrected chi connectivity index (χ4v) is 3.21. The molecule has 0 heterocycles. The van der Waals surface area contributed by atoms with Crippen LogP contribution in [0.3, 0.4) is 0 Å². The first-order valence-corrected chi connectivity index (χ1v) is 9.05. The molecule has 3 N–H and O–H groups in total. The van der Waals surface area contributed by atoms with Crippen LogP contribution in [0, 0.1) is 0 Å². The van der Waals surface area contributed by atoms with Gasteiger partial charge >= 0.3 is 0 Å². The summed E-state index contributed by atoms with van der Waals surface area (Å²) in [4.78, 5) is 22.8. The van der Waals surface area contributed by atoms with Gasteiger partial charge in [0.25, 0.3) is 0 Å². The Hall–Kier alpha value is -2.42. The third kappa shape index (κ3) is 5.86. The largest absolute Gasteiger partial charge is 0.326 e. The van der Waals surface area contributed by atoms with Gasteiger partial charge in [0.05, 0.1) is 11.4 Å². The van der Waals surface area contributed by atoms with Gasteiger partial charge in [-0.3, -0.25) is 9.59 Å². The number of sulfonamides is 1. The number of amides is 2. The molecular formula is C16H16ClN3O4S. The number of hydrogen-bond donors (Lipinski definition) is 3. The molecule has 2 aromatic rings. The van der Waals surface area contributed by atoms with E-state index in [0.717, 1.165) is 0 Å². The molecule has 0 spiro atoms. The summed E-state index contributed by atoms with van der Waals surface area (Å²) in [5, 5.41) is 5.44. The van der Waals surface area contributed by atoms with Gasteiger partial charge in [-0.25, -0.2) is 13.1 Å². The Labute approximate surface area is 150 Å². The smallest absolute Gasteiger partial charge is 0.241 e. The van der Waals surface area contributed by atoms with Crippen molar-refractivity contribution in [2.75, 3.05) is 17.2 Å². The summed E-state index contributed by atoms with van der Waals surface area (Å²) < 4.78 is 26.4. The fourth-order valence-electron chi connectivity index (χ4n) is 1.92. The average molecular weight is 382 g/mol. The van der Waals surface area contributed by atoms with Crippen LogP contribution in [0.2, 0.25) is 5.02 Å². The molecule has 0 aromatic heterocycles. The third-order valence-corrected chi connectivity index (χ3v) is 4.65. The van der Waals surface area contributed by atoms with E-state index in [2.05, 4.69) is 15.4 Å². The van der Waals surface area contributed by atoms with Crippen molar-refractivity contribution < 1.29 is 18.0 Å². The number of carbonyl (C=O) groups is 2. The highest BCUT2D eigenvalue weighted by atomic mass is 35.5. The summed E-state index contributed by atoms with van der Waals surface area (Å²) in [6, 6.07) is 12.2. The molecule has 0 aliphatic rings. The van der Waals surface area contributed by atoms with Crippen molar-refractivity contribution in [2.45, 2.75) is 11.8 Å². The van der Waals surface area contributed by atoms with E-state index < -0.39 is 22.5 Å². The van der Waals surface area contributed by atoms with Gasteiger partial charge in [0.15, 0.2) is 0 Å². The molecule has 2 amide bonds. The van der Waals surface area contributed by atoms with E-state index in [1.165, 1.54) is 25.1 Å². The number of carbonyl (C=O) groups excluding carboxylic acids is 2. The van der Waals surface area contributed by atoms with Crippen molar-refractivity contribution in [2.24, 2.45) is 0 Å². The fraction of sp³-hybridized carbons (Fsp3) is 0.125. The van der Waals surface area contributed by atoms with E-state index in [-0.39, 0.29) is 15.8 Å². The summed E-state index contributed by atoms with van der Waals surface area (Å²) in [5.74, 6) is -0.731. The summed E-state index contributed by atoms with van der Waals surface area (Å²) in [7, 11) is -3.83. The molecule has 0 aliphatic carbocycles. The maximum absolute atomic E-state index is 12.1. The second-order valence-electron chi connectivity index (χ2n) is 5.09. The summed E-state index contributed by atoms with van der Waals surface area (Å²) in [6.45, 7) is 0.962. The molecule has 7 nitrogen and oxygen atoms in total. The van der Waals surface area contributed by atoms with Crippen molar-refractivity contribution in [1.82, 2.24) is 4.72 Å². The minimum atomic E-state index is -3.83. The van der Waals surface area contributed by atoms with Gasteiger partial charge in [-0.05, 0) is 42.5 Å². The Morgan fingerprint density at radius 2 is 1.60 bits per heavy atom. The first kappa shape index (κ1) is 18.9. The van der Waals surface area contributed by atoms with Gasteiger partial charge < -0.3 is 10.6 Å².